The van der Waals surface area contributed by atoms with E-state index in [-0.39, 0.29) is 0 Å². The summed E-state index contributed by atoms with van der Waals surface area (Å²) >= 11 is 5.91. The molecule has 3 rings (SSSR count). The molecular weight excluding hydrogens is 382 g/mol. The Balaban J connectivity index is 1.98. The SMILES string of the molecule is Cc1ccc(S(=O)(=NC(=O)Nc2ccccc2)Nc2ccc(Cl)cc2)cc1. The summed E-state index contributed by atoms with van der Waals surface area (Å²) in [5.74, 6) is 0. The van der Waals surface area contributed by atoms with Crippen molar-refractivity contribution in [3.63, 3.8) is 0 Å². The molecule has 3 aromatic rings. The van der Waals surface area contributed by atoms with E-state index in [1.54, 1.807) is 60.7 Å². The van der Waals surface area contributed by atoms with Gasteiger partial charge in [-0.25, -0.2) is 9.00 Å². The lowest BCUT2D eigenvalue weighted by atomic mass is 10.2. The number of hydrogen-bond acceptors (Lipinski definition) is 2. The molecule has 1 unspecified atom stereocenters. The van der Waals surface area contributed by atoms with Crippen molar-refractivity contribution in [2.45, 2.75) is 11.8 Å². The fourth-order valence-electron chi connectivity index (χ4n) is 2.32. The van der Waals surface area contributed by atoms with Crippen molar-refractivity contribution in [2.75, 3.05) is 10.0 Å². The van der Waals surface area contributed by atoms with Gasteiger partial charge in [-0.2, -0.15) is 0 Å². The number of aryl methyl sites for hydroxylation is 1. The highest BCUT2D eigenvalue weighted by Crippen LogP contribution is 2.21. The predicted molar refractivity (Wildman–Crippen MR) is 111 cm³/mol. The third-order valence-electron chi connectivity index (χ3n) is 3.68. The molecule has 2 amide bonds. The number of para-hydroxylation sites is 1. The quantitative estimate of drug-likeness (QED) is 0.587. The number of carbonyl (C=O) groups excluding carboxylic acids is 1. The lowest BCUT2D eigenvalue weighted by Crippen LogP contribution is -2.17. The molecule has 5 nitrogen and oxygen atoms in total. The van der Waals surface area contributed by atoms with Gasteiger partial charge in [0.25, 0.3) is 0 Å². The summed E-state index contributed by atoms with van der Waals surface area (Å²) in [6.07, 6.45) is 0. The number of rotatable bonds is 4. The standard InChI is InChI=1S/C20H18ClN3O2S/c1-15-7-13-19(14-8-15)27(26,23-18-11-9-16(21)10-12-18)24-20(25)22-17-5-3-2-4-6-17/h2-14H,1H3,(H2,22,23,24,25,26). The van der Waals surface area contributed by atoms with Gasteiger partial charge in [0.2, 0.25) is 0 Å². The summed E-state index contributed by atoms with van der Waals surface area (Å²) in [5, 5.41) is 3.18. The average molecular weight is 400 g/mol. The van der Waals surface area contributed by atoms with Crippen LogP contribution in [0.15, 0.2) is 88.1 Å². The van der Waals surface area contributed by atoms with Crippen molar-refractivity contribution >= 4 is 38.9 Å². The number of halogens is 1. The molecule has 0 aliphatic carbocycles. The van der Waals surface area contributed by atoms with Gasteiger partial charge in [0.1, 0.15) is 0 Å². The van der Waals surface area contributed by atoms with E-state index in [9.17, 15) is 9.00 Å². The van der Waals surface area contributed by atoms with Crippen molar-refractivity contribution in [1.82, 2.24) is 0 Å². The molecule has 0 spiro atoms. The van der Waals surface area contributed by atoms with Gasteiger partial charge in [-0.1, -0.05) is 47.5 Å². The minimum atomic E-state index is -3.25. The van der Waals surface area contributed by atoms with E-state index in [2.05, 4.69) is 14.4 Å². The molecule has 0 aliphatic rings. The minimum Gasteiger partial charge on any atom is -0.306 e. The van der Waals surface area contributed by atoms with Gasteiger partial charge in [-0.3, -0.25) is 4.72 Å². The molecular formula is C20H18ClN3O2S. The summed E-state index contributed by atoms with van der Waals surface area (Å²) in [6.45, 7) is 1.93. The molecule has 0 saturated carbocycles. The van der Waals surface area contributed by atoms with Gasteiger partial charge < -0.3 is 5.32 Å². The number of benzene rings is 3. The van der Waals surface area contributed by atoms with Crippen LogP contribution in [0.25, 0.3) is 0 Å². The molecule has 1 atom stereocenters. The number of nitrogens with one attached hydrogen (secondary N) is 2. The van der Waals surface area contributed by atoms with Crippen LogP contribution in [-0.2, 0) is 9.92 Å². The summed E-state index contributed by atoms with van der Waals surface area (Å²) in [5.41, 5.74) is 2.13. The van der Waals surface area contributed by atoms with Gasteiger partial charge in [0.15, 0.2) is 9.92 Å². The topological polar surface area (TPSA) is 70.6 Å². The smallest absolute Gasteiger partial charge is 0.306 e. The minimum absolute atomic E-state index is 0.409. The Bertz CT molecular complexity index is 1040. The first-order chi connectivity index (χ1) is 12.9. The highest BCUT2D eigenvalue weighted by molar-refractivity contribution is 7.95. The number of hydrogen-bond donors (Lipinski definition) is 2. The molecule has 7 heteroatoms. The molecule has 0 fully saturated rings. The second kappa shape index (κ2) is 8.24. The number of carbonyl (C=O) groups is 1. The van der Waals surface area contributed by atoms with Gasteiger partial charge >= 0.3 is 6.03 Å². The zero-order valence-electron chi connectivity index (χ0n) is 14.6. The van der Waals surface area contributed by atoms with Crippen LogP contribution in [0.4, 0.5) is 16.2 Å². The molecule has 0 saturated heterocycles. The van der Waals surface area contributed by atoms with E-state index in [0.29, 0.717) is 21.3 Å². The molecule has 2 N–H and O–H groups in total. The normalized spacial score (nSPS) is 12.7. The Morgan fingerprint density at radius 2 is 1.52 bits per heavy atom. The fraction of sp³-hybridized carbons (Fsp3) is 0.0500. The summed E-state index contributed by atoms with van der Waals surface area (Å²) in [7, 11) is -3.25. The van der Waals surface area contributed by atoms with Crippen LogP contribution < -0.4 is 10.0 Å². The van der Waals surface area contributed by atoms with E-state index < -0.39 is 15.9 Å². The van der Waals surface area contributed by atoms with Gasteiger partial charge in [-0.05, 0) is 55.5 Å². The van der Waals surface area contributed by atoms with Crippen LogP contribution in [0.3, 0.4) is 0 Å². The van der Waals surface area contributed by atoms with Crippen LogP contribution in [0, 0.1) is 6.92 Å². The van der Waals surface area contributed by atoms with Crippen molar-refractivity contribution in [3.8, 4) is 0 Å². The van der Waals surface area contributed by atoms with E-state index in [4.69, 9.17) is 11.6 Å². The Labute approximate surface area is 163 Å². The molecule has 0 radical (unpaired) electrons. The molecule has 3 aromatic carbocycles. The largest absolute Gasteiger partial charge is 0.355 e. The zero-order chi connectivity index (χ0) is 19.3. The third kappa shape index (κ3) is 5.09. The first-order valence-electron chi connectivity index (χ1n) is 8.18. The van der Waals surface area contributed by atoms with Crippen LogP contribution in [0.2, 0.25) is 5.02 Å². The van der Waals surface area contributed by atoms with Crippen LogP contribution in [0.5, 0.6) is 0 Å². The first-order valence-corrected chi connectivity index (χ1v) is 10.1. The number of anilines is 2. The summed E-state index contributed by atoms with van der Waals surface area (Å²) < 4.78 is 20.4. The lowest BCUT2D eigenvalue weighted by molar-refractivity contribution is 0.260. The lowest BCUT2D eigenvalue weighted by Gasteiger charge is -2.14. The molecule has 0 bridgehead atoms. The van der Waals surface area contributed by atoms with Gasteiger partial charge in [0.05, 0.1) is 4.90 Å². The maximum atomic E-state index is 13.6. The average Bonchev–Trinajstić information content (AvgIpc) is 2.65. The van der Waals surface area contributed by atoms with E-state index in [0.717, 1.165) is 5.56 Å². The Morgan fingerprint density at radius 3 is 2.15 bits per heavy atom. The van der Waals surface area contributed by atoms with E-state index in [1.165, 1.54) is 0 Å². The van der Waals surface area contributed by atoms with Crippen LogP contribution >= 0.6 is 11.6 Å². The van der Waals surface area contributed by atoms with E-state index in [1.807, 2.05) is 25.1 Å². The van der Waals surface area contributed by atoms with Gasteiger partial charge in [0, 0.05) is 16.4 Å². The number of nitrogens with zero attached hydrogens (tertiary/aromatic N) is 1. The highest BCUT2D eigenvalue weighted by Gasteiger charge is 2.16. The Kier molecular flexibility index (Phi) is 5.78. The van der Waals surface area contributed by atoms with Crippen LogP contribution in [-0.4, -0.2) is 10.2 Å². The molecule has 27 heavy (non-hydrogen) atoms. The second-order valence-corrected chi connectivity index (χ2v) is 8.18. The fourth-order valence-corrected chi connectivity index (χ4v) is 3.95. The van der Waals surface area contributed by atoms with Crippen molar-refractivity contribution in [2.24, 2.45) is 4.36 Å². The highest BCUT2D eigenvalue weighted by atomic mass is 35.5. The molecule has 0 aromatic heterocycles. The van der Waals surface area contributed by atoms with E-state index >= 15 is 0 Å². The summed E-state index contributed by atoms with van der Waals surface area (Å²) in [6, 6.07) is 21.9. The number of urea groups is 1. The molecule has 0 heterocycles. The monoisotopic (exact) mass is 399 g/mol. The van der Waals surface area contributed by atoms with Gasteiger partial charge in [-0.15, -0.1) is 4.36 Å². The first kappa shape index (κ1) is 18.9. The number of amides is 2. The predicted octanol–water partition coefficient (Wildman–Crippen LogP) is 5.73. The second-order valence-electron chi connectivity index (χ2n) is 5.84. The third-order valence-corrected chi connectivity index (χ3v) is 5.78. The van der Waals surface area contributed by atoms with Crippen molar-refractivity contribution < 1.29 is 9.00 Å². The molecule has 138 valence electrons. The van der Waals surface area contributed by atoms with Crippen molar-refractivity contribution in [1.29, 1.82) is 0 Å². The molecule has 0 aliphatic heterocycles. The van der Waals surface area contributed by atoms with Crippen LogP contribution in [0.1, 0.15) is 5.56 Å². The Hall–Kier alpha value is -2.83. The maximum Gasteiger partial charge on any atom is 0.355 e. The Morgan fingerprint density at radius 1 is 0.889 bits per heavy atom. The summed E-state index contributed by atoms with van der Waals surface area (Å²) in [4.78, 5) is 12.8. The van der Waals surface area contributed by atoms with Crippen molar-refractivity contribution in [3.05, 3.63) is 89.4 Å². The zero-order valence-corrected chi connectivity index (χ0v) is 16.1. The maximum absolute atomic E-state index is 13.6.